The monoisotopic (exact) mass is 514 g/mol. The van der Waals surface area contributed by atoms with E-state index < -0.39 is 0 Å². The van der Waals surface area contributed by atoms with Crippen LogP contribution in [0.5, 0.6) is 5.75 Å². The summed E-state index contributed by atoms with van der Waals surface area (Å²) in [6.45, 7) is 0.767. The van der Waals surface area contributed by atoms with Gasteiger partial charge in [-0.3, -0.25) is 0 Å². The molecule has 2 aliphatic rings. The number of thiophene rings is 1. The Morgan fingerprint density at radius 2 is 1.92 bits per heavy atom. The number of methoxy groups -OCH3 is 2. The van der Waals surface area contributed by atoms with Gasteiger partial charge in [-0.05, 0) is 99.8 Å². The van der Waals surface area contributed by atoms with Crippen molar-refractivity contribution >= 4 is 28.1 Å². The van der Waals surface area contributed by atoms with Crippen LogP contribution in [-0.4, -0.2) is 26.3 Å². The van der Waals surface area contributed by atoms with Crippen LogP contribution in [0.4, 0.5) is 0 Å². The van der Waals surface area contributed by atoms with E-state index in [1.807, 2.05) is 25.3 Å². The van der Waals surface area contributed by atoms with Gasteiger partial charge in [0.2, 0.25) is 0 Å². The van der Waals surface area contributed by atoms with E-state index >= 15 is 0 Å². The fraction of sp³-hybridized carbons (Fsp3) is 0.323. The Morgan fingerprint density at radius 3 is 2.68 bits per heavy atom. The Bertz CT molecular complexity index is 1430. The SMILES string of the molecule is CO[C@H]1CC[C@](OC)(c2cccc(COc3ccc4c(-c5ccsc5)c5c(cc4c3)C(=O)OC5)c2)CC1. The number of ether oxygens (including phenoxy) is 4. The van der Waals surface area contributed by atoms with Gasteiger partial charge in [0.1, 0.15) is 19.0 Å². The predicted octanol–water partition coefficient (Wildman–Crippen LogP) is 7.25. The molecule has 0 radical (unpaired) electrons. The fourth-order valence-corrected chi connectivity index (χ4v) is 6.46. The summed E-state index contributed by atoms with van der Waals surface area (Å²) >= 11 is 1.65. The zero-order valence-corrected chi connectivity index (χ0v) is 21.9. The lowest BCUT2D eigenvalue weighted by molar-refractivity contribution is -0.0762. The maximum atomic E-state index is 12.4. The van der Waals surface area contributed by atoms with Crippen molar-refractivity contribution < 1.29 is 23.7 Å². The first-order chi connectivity index (χ1) is 18.1. The molecular weight excluding hydrogens is 484 g/mol. The number of esters is 1. The minimum absolute atomic E-state index is 0.261. The molecule has 5 nitrogen and oxygen atoms in total. The quantitative estimate of drug-likeness (QED) is 0.243. The van der Waals surface area contributed by atoms with Gasteiger partial charge in [-0.1, -0.05) is 24.3 Å². The third kappa shape index (κ3) is 4.43. The number of hydrogen-bond donors (Lipinski definition) is 0. The molecule has 0 amide bonds. The van der Waals surface area contributed by atoms with Crippen molar-refractivity contribution in [2.75, 3.05) is 14.2 Å². The molecule has 3 aromatic carbocycles. The minimum Gasteiger partial charge on any atom is -0.489 e. The van der Waals surface area contributed by atoms with E-state index in [4.69, 9.17) is 18.9 Å². The van der Waals surface area contributed by atoms with Crippen LogP contribution >= 0.6 is 11.3 Å². The first-order valence-corrected chi connectivity index (χ1v) is 13.6. The normalized spacial score (nSPS) is 21.1. The lowest BCUT2D eigenvalue weighted by Gasteiger charge is -2.39. The second-order valence-corrected chi connectivity index (χ2v) is 10.7. The zero-order chi connectivity index (χ0) is 25.4. The summed E-state index contributed by atoms with van der Waals surface area (Å²) in [4.78, 5) is 12.4. The van der Waals surface area contributed by atoms with E-state index in [-0.39, 0.29) is 11.6 Å². The summed E-state index contributed by atoms with van der Waals surface area (Å²) in [5.74, 6) is 0.505. The Labute approximate surface area is 220 Å². The van der Waals surface area contributed by atoms with E-state index in [0.717, 1.165) is 64.5 Å². The highest BCUT2D eigenvalue weighted by Gasteiger charge is 2.37. The smallest absolute Gasteiger partial charge is 0.338 e. The lowest BCUT2D eigenvalue weighted by atomic mass is 9.78. The van der Waals surface area contributed by atoms with E-state index in [2.05, 4.69) is 47.2 Å². The highest BCUT2D eigenvalue weighted by Crippen LogP contribution is 2.42. The summed E-state index contributed by atoms with van der Waals surface area (Å²) in [6, 6.07) is 18.7. The Morgan fingerprint density at radius 1 is 1.05 bits per heavy atom. The Hall–Kier alpha value is -3.19. The average Bonchev–Trinajstić information content (AvgIpc) is 3.61. The number of carbonyl (C=O) groups is 1. The van der Waals surface area contributed by atoms with Gasteiger partial charge in [0, 0.05) is 19.8 Å². The van der Waals surface area contributed by atoms with Crippen molar-refractivity contribution in [3.63, 3.8) is 0 Å². The van der Waals surface area contributed by atoms with Gasteiger partial charge < -0.3 is 18.9 Å². The average molecular weight is 515 g/mol. The largest absolute Gasteiger partial charge is 0.489 e. The van der Waals surface area contributed by atoms with Crippen LogP contribution in [0.15, 0.2) is 65.4 Å². The molecule has 4 aromatic rings. The number of hydrogen-bond acceptors (Lipinski definition) is 6. The molecule has 1 aromatic heterocycles. The van der Waals surface area contributed by atoms with Crippen molar-refractivity contribution in [3.05, 3.63) is 87.6 Å². The standard InChI is InChI=1S/C31H30O5S/c1-33-24-8-11-31(34-2,12-9-24)23-5-3-4-20(14-23)17-35-25-6-7-26-22(15-25)16-27-28(18-36-30(27)32)29(26)21-10-13-37-19-21/h3-7,10,13-16,19,24H,8-9,11-12,17-18H2,1-2H3/t24-,31+. The van der Waals surface area contributed by atoms with Gasteiger partial charge in [-0.2, -0.15) is 11.3 Å². The fourth-order valence-electron chi connectivity index (χ4n) is 5.82. The molecule has 1 fully saturated rings. The van der Waals surface area contributed by atoms with Crippen molar-refractivity contribution in [2.24, 2.45) is 0 Å². The molecule has 1 aliphatic carbocycles. The first kappa shape index (κ1) is 24.2. The molecule has 0 spiro atoms. The van der Waals surface area contributed by atoms with Gasteiger partial charge in [-0.15, -0.1) is 0 Å². The zero-order valence-electron chi connectivity index (χ0n) is 21.1. The summed E-state index contributed by atoms with van der Waals surface area (Å²) in [6.07, 6.45) is 4.18. The van der Waals surface area contributed by atoms with Gasteiger partial charge in [-0.25, -0.2) is 4.79 Å². The molecule has 0 bridgehead atoms. The third-order valence-electron chi connectivity index (χ3n) is 7.92. The Balaban J connectivity index is 1.26. The minimum atomic E-state index is -0.277. The maximum Gasteiger partial charge on any atom is 0.338 e. The second-order valence-electron chi connectivity index (χ2n) is 9.87. The highest BCUT2D eigenvalue weighted by molar-refractivity contribution is 7.08. The number of carbonyl (C=O) groups excluding carboxylic acids is 1. The number of rotatable bonds is 7. The maximum absolute atomic E-state index is 12.4. The van der Waals surface area contributed by atoms with Crippen LogP contribution in [0.25, 0.3) is 21.9 Å². The molecule has 0 saturated heterocycles. The van der Waals surface area contributed by atoms with Crippen LogP contribution in [0.3, 0.4) is 0 Å². The molecule has 0 atom stereocenters. The summed E-state index contributed by atoms with van der Waals surface area (Å²) in [7, 11) is 3.60. The van der Waals surface area contributed by atoms with Crippen molar-refractivity contribution in [1.29, 1.82) is 0 Å². The first-order valence-electron chi connectivity index (χ1n) is 12.7. The van der Waals surface area contributed by atoms with Gasteiger partial charge in [0.05, 0.1) is 17.3 Å². The molecule has 1 aliphatic heterocycles. The van der Waals surface area contributed by atoms with Crippen LogP contribution < -0.4 is 4.74 Å². The summed E-state index contributed by atoms with van der Waals surface area (Å²) < 4.78 is 23.3. The van der Waals surface area contributed by atoms with Crippen LogP contribution in [0, 0.1) is 0 Å². The molecule has 37 heavy (non-hydrogen) atoms. The Kier molecular flexibility index (Phi) is 6.49. The van der Waals surface area contributed by atoms with Crippen LogP contribution in [0.2, 0.25) is 0 Å². The molecule has 0 N–H and O–H groups in total. The number of cyclic esters (lactones) is 1. The molecule has 6 heteroatoms. The topological polar surface area (TPSA) is 54.0 Å². The van der Waals surface area contributed by atoms with Crippen molar-refractivity contribution in [3.8, 4) is 16.9 Å². The van der Waals surface area contributed by atoms with Gasteiger partial charge in [0.25, 0.3) is 0 Å². The van der Waals surface area contributed by atoms with Crippen molar-refractivity contribution in [2.45, 2.75) is 50.6 Å². The molecule has 6 rings (SSSR count). The lowest BCUT2D eigenvalue weighted by Crippen LogP contribution is -2.36. The van der Waals surface area contributed by atoms with E-state index in [1.165, 1.54) is 5.56 Å². The number of fused-ring (bicyclic) bond motifs is 2. The predicted molar refractivity (Wildman–Crippen MR) is 145 cm³/mol. The van der Waals surface area contributed by atoms with E-state index in [0.29, 0.717) is 24.9 Å². The van der Waals surface area contributed by atoms with E-state index in [1.54, 1.807) is 18.4 Å². The van der Waals surface area contributed by atoms with Crippen LogP contribution in [0.1, 0.15) is 52.7 Å². The summed E-state index contributed by atoms with van der Waals surface area (Å²) in [5, 5.41) is 6.24. The van der Waals surface area contributed by atoms with Gasteiger partial charge in [0.15, 0.2) is 0 Å². The number of benzene rings is 3. The van der Waals surface area contributed by atoms with Gasteiger partial charge >= 0.3 is 5.97 Å². The molecule has 0 unspecified atom stereocenters. The summed E-state index contributed by atoms with van der Waals surface area (Å²) in [5.41, 5.74) is 5.81. The molecule has 1 saturated carbocycles. The third-order valence-corrected chi connectivity index (χ3v) is 8.60. The van der Waals surface area contributed by atoms with E-state index in [9.17, 15) is 4.79 Å². The molecule has 190 valence electrons. The van der Waals surface area contributed by atoms with Crippen LogP contribution in [-0.2, 0) is 33.0 Å². The second kappa shape index (κ2) is 9.93. The molecule has 2 heterocycles. The van der Waals surface area contributed by atoms with Crippen molar-refractivity contribution in [1.82, 2.24) is 0 Å². The molecular formula is C31H30O5S. The highest BCUT2D eigenvalue weighted by atomic mass is 32.1.